The fraction of sp³-hybridized carbons (Fsp3) is 0.500. The summed E-state index contributed by atoms with van der Waals surface area (Å²) in [6.07, 6.45) is 5.20. The molecule has 1 saturated carbocycles. The summed E-state index contributed by atoms with van der Waals surface area (Å²) in [5.41, 5.74) is 0. The van der Waals surface area contributed by atoms with Crippen molar-refractivity contribution in [2.45, 2.75) is 23.2 Å². The van der Waals surface area contributed by atoms with Crippen LogP contribution in [0, 0.1) is 5.92 Å². The minimum Gasteiger partial charge on any atom is -0.481 e. The lowest BCUT2D eigenvalue weighted by Crippen LogP contribution is -2.35. The maximum Gasteiger partial charge on any atom is 0.307 e. The molecule has 1 heterocycles. The molecule has 5 heteroatoms. The predicted octanol–water partition coefficient (Wildman–Crippen LogP) is 1.36. The number of nitrogens with one attached hydrogen (secondary N) is 1. The van der Waals surface area contributed by atoms with Crippen molar-refractivity contribution in [2.75, 3.05) is 0 Å². The van der Waals surface area contributed by atoms with Gasteiger partial charge in [-0.3, -0.25) is 4.79 Å². The zero-order valence-corrected chi connectivity index (χ0v) is 7.75. The number of carboxylic acids is 1. The molecule has 0 aliphatic heterocycles. The lowest BCUT2D eigenvalue weighted by molar-refractivity contribution is -0.144. The predicted molar refractivity (Wildman–Crippen MR) is 48.6 cm³/mol. The van der Waals surface area contributed by atoms with Gasteiger partial charge in [0.2, 0.25) is 0 Å². The molecule has 0 spiro atoms. The van der Waals surface area contributed by atoms with Crippen LogP contribution in [0.25, 0.3) is 0 Å². The second-order valence-corrected chi connectivity index (χ2v) is 4.30. The monoisotopic (exact) mass is 198 g/mol. The normalized spacial score (nSPS) is 26.8. The lowest BCUT2D eigenvalue weighted by Gasteiger charge is -2.31. The van der Waals surface area contributed by atoms with Gasteiger partial charge >= 0.3 is 5.97 Å². The van der Waals surface area contributed by atoms with Crippen molar-refractivity contribution < 1.29 is 9.90 Å². The van der Waals surface area contributed by atoms with E-state index in [4.69, 9.17) is 5.11 Å². The number of hydrogen-bond donors (Lipinski definition) is 2. The van der Waals surface area contributed by atoms with Gasteiger partial charge in [0.1, 0.15) is 0 Å². The first-order valence-corrected chi connectivity index (χ1v) is 5.04. The SMILES string of the molecule is O=C(O)C1CCC1Sc1ncc[nH]1. The topological polar surface area (TPSA) is 66.0 Å². The van der Waals surface area contributed by atoms with Crippen molar-refractivity contribution in [3.63, 3.8) is 0 Å². The van der Waals surface area contributed by atoms with Gasteiger partial charge in [-0.25, -0.2) is 4.98 Å². The molecule has 0 bridgehead atoms. The zero-order valence-electron chi connectivity index (χ0n) is 6.93. The minimum atomic E-state index is -0.685. The van der Waals surface area contributed by atoms with Crippen LogP contribution in [0.15, 0.2) is 17.6 Å². The summed E-state index contributed by atoms with van der Waals surface area (Å²) in [5.74, 6) is -0.870. The van der Waals surface area contributed by atoms with Crippen LogP contribution in [0.4, 0.5) is 0 Å². The van der Waals surface area contributed by atoms with Gasteiger partial charge in [0.15, 0.2) is 5.16 Å². The average Bonchev–Trinajstić information content (AvgIpc) is 2.48. The number of thioether (sulfide) groups is 1. The van der Waals surface area contributed by atoms with E-state index in [0.29, 0.717) is 0 Å². The van der Waals surface area contributed by atoms with Crippen LogP contribution in [-0.2, 0) is 4.79 Å². The molecule has 2 atom stereocenters. The summed E-state index contributed by atoms with van der Waals surface area (Å²) < 4.78 is 0. The molecular formula is C8H10N2O2S. The Labute approximate surface area is 79.8 Å². The summed E-state index contributed by atoms with van der Waals surface area (Å²) in [6, 6.07) is 0. The summed E-state index contributed by atoms with van der Waals surface area (Å²) in [6.45, 7) is 0. The second kappa shape index (κ2) is 3.41. The molecule has 0 saturated heterocycles. The van der Waals surface area contributed by atoms with E-state index in [1.165, 1.54) is 11.8 Å². The molecule has 70 valence electrons. The summed E-state index contributed by atoms with van der Waals surface area (Å²) in [5, 5.41) is 9.80. The number of hydrogen-bond acceptors (Lipinski definition) is 3. The number of aromatic amines is 1. The third kappa shape index (κ3) is 1.70. The fourth-order valence-corrected chi connectivity index (χ4v) is 2.57. The Morgan fingerprint density at radius 3 is 3.00 bits per heavy atom. The highest BCUT2D eigenvalue weighted by Gasteiger charge is 2.37. The van der Waals surface area contributed by atoms with Crippen LogP contribution in [0.1, 0.15) is 12.8 Å². The Kier molecular flexibility index (Phi) is 2.26. The van der Waals surface area contributed by atoms with Gasteiger partial charge in [-0.2, -0.15) is 0 Å². The summed E-state index contributed by atoms with van der Waals surface area (Å²) in [7, 11) is 0. The maximum atomic E-state index is 10.7. The van der Waals surface area contributed by atoms with Crippen LogP contribution >= 0.6 is 11.8 Å². The molecule has 0 amide bonds. The highest BCUT2D eigenvalue weighted by Crippen LogP contribution is 2.40. The average molecular weight is 198 g/mol. The molecule has 2 unspecified atom stereocenters. The smallest absolute Gasteiger partial charge is 0.307 e. The van der Waals surface area contributed by atoms with Crippen molar-refractivity contribution in [1.29, 1.82) is 0 Å². The molecular weight excluding hydrogens is 188 g/mol. The Bertz CT molecular complexity index is 299. The van der Waals surface area contributed by atoms with Crippen molar-refractivity contribution in [2.24, 2.45) is 5.92 Å². The van der Waals surface area contributed by atoms with Gasteiger partial charge in [0, 0.05) is 17.6 Å². The molecule has 1 aromatic heterocycles. The minimum absolute atomic E-state index is 0.185. The van der Waals surface area contributed by atoms with E-state index in [1.807, 2.05) is 0 Å². The number of rotatable bonds is 3. The van der Waals surface area contributed by atoms with E-state index in [9.17, 15) is 4.79 Å². The van der Waals surface area contributed by atoms with E-state index >= 15 is 0 Å². The van der Waals surface area contributed by atoms with Gasteiger partial charge in [-0.05, 0) is 12.8 Å². The molecule has 0 aromatic carbocycles. The first-order chi connectivity index (χ1) is 6.27. The fourth-order valence-electron chi connectivity index (χ4n) is 1.35. The van der Waals surface area contributed by atoms with Crippen molar-refractivity contribution in [3.8, 4) is 0 Å². The zero-order chi connectivity index (χ0) is 9.26. The molecule has 4 nitrogen and oxygen atoms in total. The van der Waals surface area contributed by atoms with Crippen LogP contribution < -0.4 is 0 Å². The molecule has 13 heavy (non-hydrogen) atoms. The Morgan fingerprint density at radius 1 is 1.69 bits per heavy atom. The quantitative estimate of drug-likeness (QED) is 0.769. The first-order valence-electron chi connectivity index (χ1n) is 4.16. The number of carboxylic acid groups (broad SMARTS) is 1. The van der Waals surface area contributed by atoms with Crippen molar-refractivity contribution >= 4 is 17.7 Å². The van der Waals surface area contributed by atoms with Crippen molar-refractivity contribution in [1.82, 2.24) is 9.97 Å². The highest BCUT2D eigenvalue weighted by atomic mass is 32.2. The molecule has 1 aromatic rings. The van der Waals surface area contributed by atoms with E-state index in [-0.39, 0.29) is 11.2 Å². The molecule has 1 fully saturated rings. The molecule has 0 radical (unpaired) electrons. The lowest BCUT2D eigenvalue weighted by atomic mass is 9.85. The third-order valence-corrected chi connectivity index (χ3v) is 3.58. The van der Waals surface area contributed by atoms with Crippen LogP contribution in [0.3, 0.4) is 0 Å². The highest BCUT2D eigenvalue weighted by molar-refractivity contribution is 7.99. The number of imidazole rings is 1. The van der Waals surface area contributed by atoms with E-state index in [2.05, 4.69) is 9.97 Å². The van der Waals surface area contributed by atoms with E-state index in [1.54, 1.807) is 12.4 Å². The number of aliphatic carboxylic acids is 1. The van der Waals surface area contributed by atoms with E-state index < -0.39 is 5.97 Å². The first kappa shape index (κ1) is 8.62. The Hall–Kier alpha value is -0.970. The Balaban J connectivity index is 1.93. The standard InChI is InChI=1S/C8H10N2O2S/c11-7(12)5-1-2-6(5)13-8-9-3-4-10-8/h3-6H,1-2H2,(H,9,10)(H,11,12). The van der Waals surface area contributed by atoms with Crippen molar-refractivity contribution in [3.05, 3.63) is 12.4 Å². The van der Waals surface area contributed by atoms with Gasteiger partial charge in [0.25, 0.3) is 0 Å². The van der Waals surface area contributed by atoms with Crippen LogP contribution in [0.5, 0.6) is 0 Å². The number of H-pyrrole nitrogens is 1. The number of aromatic nitrogens is 2. The van der Waals surface area contributed by atoms with Gasteiger partial charge < -0.3 is 10.1 Å². The largest absolute Gasteiger partial charge is 0.481 e. The Morgan fingerprint density at radius 2 is 2.54 bits per heavy atom. The molecule has 2 rings (SSSR count). The van der Waals surface area contributed by atoms with Gasteiger partial charge in [0.05, 0.1) is 5.92 Å². The van der Waals surface area contributed by atoms with Crippen LogP contribution in [0.2, 0.25) is 0 Å². The summed E-state index contributed by atoms with van der Waals surface area (Å²) >= 11 is 1.53. The maximum absolute atomic E-state index is 10.7. The van der Waals surface area contributed by atoms with Crippen LogP contribution in [-0.4, -0.2) is 26.3 Å². The summed E-state index contributed by atoms with van der Waals surface area (Å²) in [4.78, 5) is 17.7. The number of carbonyl (C=O) groups is 1. The van der Waals surface area contributed by atoms with E-state index in [0.717, 1.165) is 18.0 Å². The molecule has 2 N–H and O–H groups in total. The second-order valence-electron chi connectivity index (χ2n) is 3.07. The van der Waals surface area contributed by atoms with Gasteiger partial charge in [-0.15, -0.1) is 0 Å². The third-order valence-electron chi connectivity index (χ3n) is 2.26. The number of nitrogens with zero attached hydrogens (tertiary/aromatic N) is 1. The molecule has 1 aliphatic carbocycles. The van der Waals surface area contributed by atoms with Gasteiger partial charge in [-0.1, -0.05) is 11.8 Å². The molecule has 1 aliphatic rings.